The van der Waals surface area contributed by atoms with Crippen molar-refractivity contribution in [2.24, 2.45) is 0 Å². The molecule has 0 saturated carbocycles. The van der Waals surface area contributed by atoms with Gasteiger partial charge in [-0.1, -0.05) is 0 Å². The molecule has 8 heteroatoms. The summed E-state index contributed by atoms with van der Waals surface area (Å²) < 4.78 is 24.9. The molecule has 6 nitrogen and oxygen atoms in total. The van der Waals surface area contributed by atoms with Crippen LogP contribution in [-0.4, -0.2) is 65.1 Å². The first-order valence-corrected chi connectivity index (χ1v) is 4.70. The number of carbonyl (C=O) groups excluding carboxylic acids is 1. The van der Waals surface area contributed by atoms with Crippen molar-refractivity contribution in [2.45, 2.75) is 36.8 Å². The predicted octanol–water partition coefficient (Wildman–Crippen LogP) is -2.58. The quantitative estimate of drug-likeness (QED) is 0.365. The number of halogens is 2. The lowest BCUT2D eigenvalue weighted by molar-refractivity contribution is -0.152. The van der Waals surface area contributed by atoms with Crippen molar-refractivity contribution in [1.29, 1.82) is 0 Å². The molecule has 0 radical (unpaired) electrons. The lowest BCUT2D eigenvalue weighted by Crippen LogP contribution is -2.70. The normalized spacial score (nSPS) is 39.8. The molecule has 1 saturated heterocycles. The molecule has 0 unspecified atom stereocenters. The van der Waals surface area contributed by atoms with Crippen LogP contribution in [0.1, 0.15) is 0 Å². The third kappa shape index (κ3) is 2.29. The molecule has 0 aromatic carbocycles. The number of rotatable bonds is 2. The molecule has 0 spiro atoms. The monoisotopic (exact) mass is 240 g/mol. The third-order valence-electron chi connectivity index (χ3n) is 2.58. The average Bonchev–Trinajstić information content (AvgIpc) is 2.25. The summed E-state index contributed by atoms with van der Waals surface area (Å²) in [6, 6.07) is -3.12. The van der Waals surface area contributed by atoms with Crippen molar-refractivity contribution in [3.63, 3.8) is 0 Å². The number of aliphatic hydroxyl groups excluding tert-OH is 3. The Balaban J connectivity index is 2.85. The summed E-state index contributed by atoms with van der Waals surface area (Å²) in [6.07, 6.45) is -8.20. The molecule has 1 heterocycles. The van der Waals surface area contributed by atoms with E-state index < -0.39 is 42.7 Å². The van der Waals surface area contributed by atoms with E-state index in [0.717, 1.165) is 0 Å². The lowest BCUT2D eigenvalue weighted by atomic mass is 9.90. The molecule has 1 aliphatic rings. The van der Waals surface area contributed by atoms with E-state index in [4.69, 9.17) is 0 Å². The van der Waals surface area contributed by atoms with E-state index in [1.807, 2.05) is 0 Å². The van der Waals surface area contributed by atoms with Crippen molar-refractivity contribution in [1.82, 2.24) is 10.6 Å². The van der Waals surface area contributed by atoms with Gasteiger partial charge < -0.3 is 20.6 Å². The maximum atomic E-state index is 12.5. The molecule has 1 aliphatic heterocycles. The maximum absolute atomic E-state index is 12.5. The van der Waals surface area contributed by atoms with Crippen molar-refractivity contribution in [3.8, 4) is 0 Å². The summed E-state index contributed by atoms with van der Waals surface area (Å²) in [4.78, 5) is 11.2. The van der Waals surface area contributed by atoms with Gasteiger partial charge in [-0.3, -0.25) is 10.1 Å². The van der Waals surface area contributed by atoms with Gasteiger partial charge in [-0.2, -0.15) is 0 Å². The average molecular weight is 240 g/mol. The van der Waals surface area contributed by atoms with Crippen LogP contribution in [0, 0.1) is 0 Å². The number of amides is 1. The largest absolute Gasteiger partial charge is 0.388 e. The van der Waals surface area contributed by atoms with E-state index in [2.05, 4.69) is 10.6 Å². The number of hydrogen-bond donors (Lipinski definition) is 5. The number of hydrogen-bond acceptors (Lipinski definition) is 5. The van der Waals surface area contributed by atoms with Gasteiger partial charge in [0, 0.05) is 7.05 Å². The highest BCUT2D eigenvalue weighted by molar-refractivity contribution is 5.82. The lowest BCUT2D eigenvalue weighted by Gasteiger charge is -2.40. The van der Waals surface area contributed by atoms with E-state index >= 15 is 0 Å². The molecule has 1 rings (SSSR count). The van der Waals surface area contributed by atoms with Crippen LogP contribution in [0.5, 0.6) is 0 Å². The van der Waals surface area contributed by atoms with Gasteiger partial charge in [-0.25, -0.2) is 8.78 Å². The van der Waals surface area contributed by atoms with E-state index in [1.165, 1.54) is 7.05 Å². The number of piperidine rings is 1. The summed E-state index contributed by atoms with van der Waals surface area (Å²) >= 11 is 0. The van der Waals surface area contributed by atoms with Gasteiger partial charge in [0.25, 0.3) is 6.43 Å². The van der Waals surface area contributed by atoms with Crippen molar-refractivity contribution < 1.29 is 28.9 Å². The van der Waals surface area contributed by atoms with Crippen LogP contribution in [0.4, 0.5) is 8.78 Å². The van der Waals surface area contributed by atoms with Gasteiger partial charge in [-0.15, -0.1) is 0 Å². The number of aliphatic hydroxyl groups is 3. The minimum atomic E-state index is -2.95. The highest BCUT2D eigenvalue weighted by Crippen LogP contribution is 2.20. The van der Waals surface area contributed by atoms with Gasteiger partial charge in [0.15, 0.2) is 0 Å². The molecule has 0 aromatic heterocycles. The Morgan fingerprint density at radius 2 is 1.81 bits per heavy atom. The fourth-order valence-electron chi connectivity index (χ4n) is 1.62. The molecule has 94 valence electrons. The fraction of sp³-hybridized carbons (Fsp3) is 0.875. The molecule has 16 heavy (non-hydrogen) atoms. The standard InChI is InChI=1S/C8H14F2N2O4/c1-11-8(16)3-5(14)6(15)4(13)2(12-3)7(9)10/h2-7,12-15H,1H3,(H,11,16)/t2-,3-,4+,5+,6-/m0/s1. The van der Waals surface area contributed by atoms with Crippen molar-refractivity contribution >= 4 is 5.91 Å². The highest BCUT2D eigenvalue weighted by atomic mass is 19.3. The van der Waals surface area contributed by atoms with Crippen LogP contribution in [0.15, 0.2) is 0 Å². The summed E-state index contributed by atoms with van der Waals surface area (Å²) in [6.45, 7) is 0. The Morgan fingerprint density at radius 1 is 1.25 bits per heavy atom. The van der Waals surface area contributed by atoms with Crippen LogP contribution in [0.3, 0.4) is 0 Å². The molecule has 1 amide bonds. The minimum absolute atomic E-state index is 0.732. The zero-order valence-electron chi connectivity index (χ0n) is 8.47. The van der Waals surface area contributed by atoms with Gasteiger partial charge in [0.05, 0.1) is 6.04 Å². The van der Waals surface area contributed by atoms with Gasteiger partial charge in [0.1, 0.15) is 24.4 Å². The zero-order chi connectivity index (χ0) is 12.5. The van der Waals surface area contributed by atoms with Crippen LogP contribution < -0.4 is 10.6 Å². The first kappa shape index (κ1) is 13.2. The van der Waals surface area contributed by atoms with Crippen molar-refractivity contribution in [3.05, 3.63) is 0 Å². The molecular weight excluding hydrogens is 226 g/mol. The van der Waals surface area contributed by atoms with Crippen molar-refractivity contribution in [2.75, 3.05) is 7.05 Å². The third-order valence-corrected chi connectivity index (χ3v) is 2.58. The van der Waals surface area contributed by atoms with Crippen LogP contribution in [0.2, 0.25) is 0 Å². The Morgan fingerprint density at radius 3 is 2.25 bits per heavy atom. The van der Waals surface area contributed by atoms with E-state index in [9.17, 15) is 28.9 Å². The molecule has 1 fully saturated rings. The van der Waals surface area contributed by atoms with E-state index in [-0.39, 0.29) is 0 Å². The van der Waals surface area contributed by atoms with Gasteiger partial charge in [-0.05, 0) is 0 Å². The second kappa shape index (κ2) is 5.00. The molecule has 0 aliphatic carbocycles. The first-order chi connectivity index (χ1) is 7.40. The Hall–Kier alpha value is -0.830. The summed E-state index contributed by atoms with van der Waals surface area (Å²) in [5.41, 5.74) is 0. The van der Waals surface area contributed by atoms with Crippen LogP contribution in [0.25, 0.3) is 0 Å². The van der Waals surface area contributed by atoms with Crippen LogP contribution >= 0.6 is 0 Å². The first-order valence-electron chi connectivity index (χ1n) is 4.70. The summed E-state index contributed by atoms with van der Waals surface area (Å²) in [5, 5.41) is 32.3. The number of carbonyl (C=O) groups is 1. The van der Waals surface area contributed by atoms with Crippen LogP contribution in [-0.2, 0) is 4.79 Å². The second-order valence-corrected chi connectivity index (χ2v) is 3.59. The second-order valence-electron chi connectivity index (χ2n) is 3.59. The maximum Gasteiger partial charge on any atom is 0.256 e. The van der Waals surface area contributed by atoms with E-state index in [0.29, 0.717) is 0 Å². The van der Waals surface area contributed by atoms with Gasteiger partial charge in [0.2, 0.25) is 5.91 Å². The van der Waals surface area contributed by atoms with Gasteiger partial charge >= 0.3 is 0 Å². The Kier molecular flexibility index (Phi) is 4.14. The Labute approximate surface area is 90.3 Å². The molecule has 0 aromatic rings. The topological polar surface area (TPSA) is 102 Å². The molecule has 5 atom stereocenters. The summed E-state index contributed by atoms with van der Waals surface area (Å²) in [7, 11) is 1.27. The Bertz CT molecular complexity index is 266. The molecular formula is C8H14F2N2O4. The molecule has 5 N–H and O–H groups in total. The zero-order valence-corrected chi connectivity index (χ0v) is 8.47. The number of nitrogens with one attached hydrogen (secondary N) is 2. The number of alkyl halides is 2. The predicted molar refractivity (Wildman–Crippen MR) is 48.8 cm³/mol. The SMILES string of the molecule is CNC(=O)[C@H]1N[C@H](C(F)F)[C@@H](O)[C@H](O)[C@@H]1O. The minimum Gasteiger partial charge on any atom is -0.388 e. The molecule has 0 bridgehead atoms. The number of likely N-dealkylation sites (N-methyl/N-ethyl adjacent to an activating group) is 1. The summed E-state index contributed by atoms with van der Waals surface area (Å²) in [5.74, 6) is -0.732. The van der Waals surface area contributed by atoms with E-state index in [1.54, 1.807) is 0 Å². The fourth-order valence-corrected chi connectivity index (χ4v) is 1.62. The smallest absolute Gasteiger partial charge is 0.256 e. The highest BCUT2D eigenvalue weighted by Gasteiger charge is 2.47.